The lowest BCUT2D eigenvalue weighted by atomic mass is 9.78. The SMILES string of the molecule is CC[C@@H]1CCCc2ccc3c(ccc4c(Cl)cccc43)c21.c1cnccn1. The second kappa shape index (κ2) is 8.06. The molecule has 1 atom stereocenters. The minimum atomic E-state index is 0.717. The van der Waals surface area contributed by atoms with Gasteiger partial charge in [0, 0.05) is 35.2 Å². The monoisotopic (exact) mass is 374 g/mol. The third-order valence-electron chi connectivity index (χ3n) is 5.51. The third-order valence-corrected chi connectivity index (χ3v) is 5.84. The Bertz CT molecular complexity index is 1030. The van der Waals surface area contributed by atoms with E-state index in [9.17, 15) is 0 Å². The molecule has 0 unspecified atom stereocenters. The van der Waals surface area contributed by atoms with Gasteiger partial charge in [0.25, 0.3) is 0 Å². The van der Waals surface area contributed by atoms with Crippen LogP contribution in [0.5, 0.6) is 0 Å². The fourth-order valence-corrected chi connectivity index (χ4v) is 4.49. The Hall–Kier alpha value is -2.45. The summed E-state index contributed by atoms with van der Waals surface area (Å²) in [4.78, 5) is 7.44. The Morgan fingerprint density at radius 1 is 0.852 bits per heavy atom. The molecule has 1 aromatic heterocycles. The maximum Gasteiger partial charge on any atom is 0.0484 e. The second-order valence-corrected chi connectivity index (χ2v) is 7.43. The molecule has 2 nitrogen and oxygen atoms in total. The van der Waals surface area contributed by atoms with Gasteiger partial charge in [-0.2, -0.15) is 0 Å². The molecule has 3 heteroatoms. The molecular formula is C24H23ClN2. The van der Waals surface area contributed by atoms with Gasteiger partial charge in [0.2, 0.25) is 0 Å². The van der Waals surface area contributed by atoms with Crippen molar-refractivity contribution in [1.29, 1.82) is 0 Å². The summed E-state index contributed by atoms with van der Waals surface area (Å²) in [6.45, 7) is 2.32. The van der Waals surface area contributed by atoms with Gasteiger partial charge < -0.3 is 0 Å². The van der Waals surface area contributed by atoms with Crippen LogP contribution in [0.4, 0.5) is 0 Å². The van der Waals surface area contributed by atoms with E-state index in [1.165, 1.54) is 41.8 Å². The van der Waals surface area contributed by atoms with Crippen molar-refractivity contribution in [3.05, 3.63) is 83.4 Å². The molecule has 0 amide bonds. The molecule has 1 aliphatic rings. The molecule has 1 aliphatic carbocycles. The van der Waals surface area contributed by atoms with E-state index in [-0.39, 0.29) is 0 Å². The van der Waals surface area contributed by atoms with Crippen molar-refractivity contribution in [3.8, 4) is 0 Å². The first-order valence-electron chi connectivity index (χ1n) is 9.62. The largest absolute Gasteiger partial charge is 0.262 e. The van der Waals surface area contributed by atoms with E-state index < -0.39 is 0 Å². The Morgan fingerprint density at radius 3 is 2.22 bits per heavy atom. The molecule has 4 aromatic rings. The van der Waals surface area contributed by atoms with Gasteiger partial charge in [-0.3, -0.25) is 9.97 Å². The van der Waals surface area contributed by atoms with Crippen LogP contribution in [0.1, 0.15) is 43.2 Å². The van der Waals surface area contributed by atoms with Crippen LogP contribution in [0.3, 0.4) is 0 Å². The Balaban J connectivity index is 0.000000257. The molecule has 0 fully saturated rings. The van der Waals surface area contributed by atoms with Crippen LogP contribution < -0.4 is 0 Å². The predicted molar refractivity (Wildman–Crippen MR) is 114 cm³/mol. The first-order valence-corrected chi connectivity index (χ1v) is 10.00. The quantitative estimate of drug-likeness (QED) is 0.337. The highest BCUT2D eigenvalue weighted by molar-refractivity contribution is 6.36. The first-order chi connectivity index (χ1) is 13.3. The summed E-state index contributed by atoms with van der Waals surface area (Å²) >= 11 is 6.36. The van der Waals surface area contributed by atoms with E-state index in [0.29, 0.717) is 5.92 Å². The summed E-state index contributed by atoms with van der Waals surface area (Å²) in [6, 6.07) is 15.4. The molecule has 0 saturated heterocycles. The van der Waals surface area contributed by atoms with Crippen molar-refractivity contribution in [2.75, 3.05) is 0 Å². The summed E-state index contributed by atoms with van der Waals surface area (Å²) in [5.74, 6) is 0.717. The molecule has 3 aromatic carbocycles. The number of nitrogens with zero attached hydrogens (tertiary/aromatic N) is 2. The molecular weight excluding hydrogens is 352 g/mol. The second-order valence-electron chi connectivity index (χ2n) is 7.03. The highest BCUT2D eigenvalue weighted by Crippen LogP contribution is 2.41. The summed E-state index contributed by atoms with van der Waals surface area (Å²) < 4.78 is 0. The number of aryl methyl sites for hydroxylation is 1. The van der Waals surface area contributed by atoms with Crippen LogP contribution in [0, 0.1) is 0 Å². The topological polar surface area (TPSA) is 25.8 Å². The van der Waals surface area contributed by atoms with E-state index in [1.54, 1.807) is 35.9 Å². The van der Waals surface area contributed by atoms with Gasteiger partial charge in [0.1, 0.15) is 0 Å². The average molecular weight is 375 g/mol. The molecule has 0 spiro atoms. The van der Waals surface area contributed by atoms with Crippen LogP contribution >= 0.6 is 11.6 Å². The zero-order valence-electron chi connectivity index (χ0n) is 15.5. The van der Waals surface area contributed by atoms with Gasteiger partial charge in [-0.15, -0.1) is 0 Å². The summed E-state index contributed by atoms with van der Waals surface area (Å²) in [5.41, 5.74) is 3.16. The molecule has 0 aliphatic heterocycles. The minimum absolute atomic E-state index is 0.717. The van der Waals surface area contributed by atoms with Crippen LogP contribution in [0.15, 0.2) is 67.3 Å². The van der Waals surface area contributed by atoms with Crippen LogP contribution in [-0.4, -0.2) is 9.97 Å². The molecule has 0 N–H and O–H groups in total. The van der Waals surface area contributed by atoms with Crippen molar-refractivity contribution in [2.24, 2.45) is 0 Å². The fourth-order valence-electron chi connectivity index (χ4n) is 4.25. The zero-order chi connectivity index (χ0) is 18.6. The normalized spacial score (nSPS) is 15.9. The molecule has 0 radical (unpaired) electrons. The maximum absolute atomic E-state index is 6.36. The van der Waals surface area contributed by atoms with Crippen molar-refractivity contribution < 1.29 is 0 Å². The number of fused-ring (bicyclic) bond motifs is 5. The smallest absolute Gasteiger partial charge is 0.0484 e. The lowest BCUT2D eigenvalue weighted by Crippen LogP contribution is -2.09. The number of hydrogen-bond donors (Lipinski definition) is 0. The molecule has 5 rings (SSSR count). The maximum atomic E-state index is 6.36. The van der Waals surface area contributed by atoms with E-state index in [4.69, 9.17) is 11.6 Å². The molecule has 27 heavy (non-hydrogen) atoms. The number of halogens is 1. The average Bonchev–Trinajstić information content (AvgIpc) is 2.74. The van der Waals surface area contributed by atoms with Gasteiger partial charge in [-0.05, 0) is 65.0 Å². The standard InChI is InChI=1S/C20H19Cl.C4H4N2/c1-2-13-5-3-6-14-9-10-16-15-7-4-8-19(21)17(15)11-12-18(16)20(13)14;1-2-6-4-3-5-1/h4,7-13H,2-3,5-6H2,1H3;1-4H/t13-;/m1./s1. The number of rotatable bonds is 1. The highest BCUT2D eigenvalue weighted by Gasteiger charge is 2.21. The van der Waals surface area contributed by atoms with Crippen molar-refractivity contribution >= 4 is 33.1 Å². The van der Waals surface area contributed by atoms with Gasteiger partial charge >= 0.3 is 0 Å². The van der Waals surface area contributed by atoms with E-state index in [1.807, 2.05) is 6.07 Å². The highest BCUT2D eigenvalue weighted by atomic mass is 35.5. The van der Waals surface area contributed by atoms with Crippen LogP contribution in [0.25, 0.3) is 21.5 Å². The predicted octanol–water partition coefficient (Wildman–Crippen LogP) is 6.95. The summed E-state index contributed by atoms with van der Waals surface area (Å²) in [6.07, 6.45) is 11.7. The fraction of sp³-hybridized carbons (Fsp3) is 0.250. The van der Waals surface area contributed by atoms with Crippen LogP contribution in [0.2, 0.25) is 5.02 Å². The van der Waals surface area contributed by atoms with Gasteiger partial charge in [-0.1, -0.05) is 54.9 Å². The number of aromatic nitrogens is 2. The van der Waals surface area contributed by atoms with E-state index >= 15 is 0 Å². The Kier molecular flexibility index (Phi) is 5.35. The van der Waals surface area contributed by atoms with Crippen molar-refractivity contribution in [1.82, 2.24) is 9.97 Å². The molecule has 1 heterocycles. The van der Waals surface area contributed by atoms with E-state index in [2.05, 4.69) is 53.3 Å². The van der Waals surface area contributed by atoms with Crippen molar-refractivity contribution in [2.45, 2.75) is 38.5 Å². The zero-order valence-corrected chi connectivity index (χ0v) is 16.3. The Labute approximate surface area is 165 Å². The van der Waals surface area contributed by atoms with Gasteiger partial charge in [0.15, 0.2) is 0 Å². The number of hydrogen-bond acceptors (Lipinski definition) is 2. The third kappa shape index (κ3) is 3.54. The number of benzene rings is 3. The lowest BCUT2D eigenvalue weighted by molar-refractivity contribution is 0.544. The minimum Gasteiger partial charge on any atom is -0.262 e. The van der Waals surface area contributed by atoms with Gasteiger partial charge in [-0.25, -0.2) is 0 Å². The van der Waals surface area contributed by atoms with Crippen LogP contribution in [-0.2, 0) is 6.42 Å². The molecule has 0 bridgehead atoms. The van der Waals surface area contributed by atoms with Crippen molar-refractivity contribution in [3.63, 3.8) is 0 Å². The molecule has 0 saturated carbocycles. The van der Waals surface area contributed by atoms with Gasteiger partial charge in [0.05, 0.1) is 0 Å². The summed E-state index contributed by atoms with van der Waals surface area (Å²) in [5, 5.41) is 6.08. The molecule has 136 valence electrons. The van der Waals surface area contributed by atoms with E-state index in [0.717, 1.165) is 10.4 Å². The lowest BCUT2D eigenvalue weighted by Gasteiger charge is -2.26. The Morgan fingerprint density at radius 2 is 1.52 bits per heavy atom. The first kappa shape index (κ1) is 17.9. The summed E-state index contributed by atoms with van der Waals surface area (Å²) in [7, 11) is 0.